The lowest BCUT2D eigenvalue weighted by atomic mass is 9.62. The van der Waals surface area contributed by atoms with Crippen LogP contribution in [0.4, 0.5) is 0 Å². The molecule has 0 saturated carbocycles. The van der Waals surface area contributed by atoms with Crippen LogP contribution in [0.15, 0.2) is 12.1 Å². The lowest BCUT2D eigenvalue weighted by molar-refractivity contribution is 0.00376. The van der Waals surface area contributed by atoms with Gasteiger partial charge in [-0.05, 0) is 59.3 Å². The van der Waals surface area contributed by atoms with Crippen LogP contribution in [0.2, 0.25) is 0 Å². The van der Waals surface area contributed by atoms with Gasteiger partial charge in [0.1, 0.15) is 6.10 Å². The molecule has 2 atom stereocenters. The number of rotatable bonds is 4. The molecule has 1 aliphatic carbocycles. The van der Waals surface area contributed by atoms with E-state index in [4.69, 9.17) is 5.11 Å². The molecule has 3 N–H and O–H groups in total. The third-order valence-electron chi connectivity index (χ3n) is 5.35. The molecule has 0 radical (unpaired) electrons. The van der Waals surface area contributed by atoms with Crippen molar-refractivity contribution < 1.29 is 15.3 Å². The molecule has 0 aliphatic heterocycles. The Morgan fingerprint density at radius 3 is 2.00 bits per heavy atom. The van der Waals surface area contributed by atoms with Crippen molar-refractivity contribution in [1.29, 1.82) is 0 Å². The van der Waals surface area contributed by atoms with Gasteiger partial charge < -0.3 is 15.3 Å². The van der Waals surface area contributed by atoms with E-state index in [0.717, 1.165) is 24.0 Å². The summed E-state index contributed by atoms with van der Waals surface area (Å²) in [6.45, 7) is 10.9. The van der Waals surface area contributed by atoms with E-state index in [-0.39, 0.29) is 23.9 Å². The Labute approximate surface area is 134 Å². The Kier molecular flexibility index (Phi) is 4.72. The maximum absolute atomic E-state index is 10.4. The molecule has 0 fully saturated rings. The fourth-order valence-corrected chi connectivity index (χ4v) is 3.55. The van der Waals surface area contributed by atoms with Gasteiger partial charge in [0, 0.05) is 6.61 Å². The molecule has 1 aromatic carbocycles. The second-order valence-corrected chi connectivity index (χ2v) is 8.05. The van der Waals surface area contributed by atoms with E-state index >= 15 is 0 Å². The van der Waals surface area contributed by atoms with E-state index in [1.165, 1.54) is 11.1 Å². The van der Waals surface area contributed by atoms with E-state index in [9.17, 15) is 10.2 Å². The highest BCUT2D eigenvalue weighted by Crippen LogP contribution is 2.47. The maximum atomic E-state index is 10.4. The average molecular weight is 306 g/mol. The van der Waals surface area contributed by atoms with Crippen LogP contribution in [0.5, 0.6) is 0 Å². The van der Waals surface area contributed by atoms with E-state index < -0.39 is 12.2 Å². The van der Waals surface area contributed by atoms with Crippen molar-refractivity contribution >= 4 is 0 Å². The first-order valence-corrected chi connectivity index (χ1v) is 8.22. The second kappa shape index (κ2) is 5.95. The minimum Gasteiger partial charge on any atom is -0.396 e. The molecule has 0 saturated heterocycles. The van der Waals surface area contributed by atoms with Crippen LogP contribution in [-0.4, -0.2) is 28.0 Å². The standard InChI is InChI=1S/C19H30O3/c1-12-10-14-15(19(4,5)8-7-18(14,2)3)11-13(12)17(22)16(21)6-9-20/h10-11,16-17,20-22H,6-9H2,1-5H3. The Bertz CT molecular complexity index is 546. The van der Waals surface area contributed by atoms with Crippen LogP contribution in [0.1, 0.15) is 75.3 Å². The molecular weight excluding hydrogens is 276 g/mol. The van der Waals surface area contributed by atoms with Crippen molar-refractivity contribution in [2.45, 2.75) is 76.9 Å². The third kappa shape index (κ3) is 3.08. The van der Waals surface area contributed by atoms with Crippen molar-refractivity contribution in [1.82, 2.24) is 0 Å². The number of benzene rings is 1. The fraction of sp³-hybridized carbons (Fsp3) is 0.684. The van der Waals surface area contributed by atoms with Gasteiger partial charge in [-0.25, -0.2) is 0 Å². The molecular formula is C19H30O3. The van der Waals surface area contributed by atoms with Crippen LogP contribution in [-0.2, 0) is 10.8 Å². The van der Waals surface area contributed by atoms with Crippen LogP contribution in [0, 0.1) is 6.92 Å². The normalized spacial score (nSPS) is 22.0. The van der Waals surface area contributed by atoms with Gasteiger partial charge in [-0.2, -0.15) is 0 Å². The van der Waals surface area contributed by atoms with Crippen LogP contribution < -0.4 is 0 Å². The number of hydrogen-bond donors (Lipinski definition) is 3. The molecule has 0 spiro atoms. The predicted octanol–water partition coefficient (Wildman–Crippen LogP) is 3.12. The summed E-state index contributed by atoms with van der Waals surface area (Å²) in [4.78, 5) is 0. The Morgan fingerprint density at radius 1 is 1.00 bits per heavy atom. The molecule has 1 aromatic rings. The highest BCUT2D eigenvalue weighted by molar-refractivity contribution is 5.47. The lowest BCUT2D eigenvalue weighted by Gasteiger charge is -2.42. The topological polar surface area (TPSA) is 60.7 Å². The number of aryl methyl sites for hydroxylation is 1. The summed E-state index contributed by atoms with van der Waals surface area (Å²) >= 11 is 0. The summed E-state index contributed by atoms with van der Waals surface area (Å²) in [5.41, 5.74) is 4.64. The van der Waals surface area contributed by atoms with Crippen molar-refractivity contribution in [3.8, 4) is 0 Å². The smallest absolute Gasteiger partial charge is 0.105 e. The van der Waals surface area contributed by atoms with Crippen LogP contribution in [0.3, 0.4) is 0 Å². The van der Waals surface area contributed by atoms with E-state index in [1.807, 2.05) is 6.92 Å². The van der Waals surface area contributed by atoms with Gasteiger partial charge in [0.15, 0.2) is 0 Å². The van der Waals surface area contributed by atoms with Gasteiger partial charge in [0.25, 0.3) is 0 Å². The van der Waals surface area contributed by atoms with Gasteiger partial charge in [-0.15, -0.1) is 0 Å². The van der Waals surface area contributed by atoms with Crippen molar-refractivity contribution in [2.75, 3.05) is 6.61 Å². The molecule has 2 unspecified atom stereocenters. The minimum atomic E-state index is -0.946. The summed E-state index contributed by atoms with van der Waals surface area (Å²) in [6.07, 6.45) is 0.582. The minimum absolute atomic E-state index is 0.0783. The average Bonchev–Trinajstić information content (AvgIpc) is 2.43. The first-order chi connectivity index (χ1) is 10.1. The van der Waals surface area contributed by atoms with Crippen LogP contribution >= 0.6 is 0 Å². The predicted molar refractivity (Wildman–Crippen MR) is 89.1 cm³/mol. The molecule has 1 aliphatic rings. The number of aliphatic hydroxyl groups excluding tert-OH is 3. The maximum Gasteiger partial charge on any atom is 0.105 e. The van der Waals surface area contributed by atoms with E-state index in [1.54, 1.807) is 0 Å². The zero-order valence-electron chi connectivity index (χ0n) is 14.5. The number of fused-ring (bicyclic) bond motifs is 1. The highest BCUT2D eigenvalue weighted by atomic mass is 16.3. The molecule has 0 amide bonds. The first kappa shape index (κ1) is 17.5. The van der Waals surface area contributed by atoms with Gasteiger partial charge in [-0.3, -0.25) is 0 Å². The van der Waals surface area contributed by atoms with Crippen LogP contribution in [0.25, 0.3) is 0 Å². The second-order valence-electron chi connectivity index (χ2n) is 8.05. The number of aliphatic hydroxyl groups is 3. The van der Waals surface area contributed by atoms with Gasteiger partial charge in [-0.1, -0.05) is 39.8 Å². The Hall–Kier alpha value is -0.900. The van der Waals surface area contributed by atoms with Gasteiger partial charge in [0.2, 0.25) is 0 Å². The molecule has 3 nitrogen and oxygen atoms in total. The summed E-state index contributed by atoms with van der Waals surface area (Å²) in [5.74, 6) is 0. The molecule has 2 rings (SSSR count). The molecule has 3 heteroatoms. The van der Waals surface area contributed by atoms with Crippen molar-refractivity contribution in [2.24, 2.45) is 0 Å². The molecule has 0 heterocycles. The molecule has 124 valence electrons. The lowest BCUT2D eigenvalue weighted by Crippen LogP contribution is -2.34. The van der Waals surface area contributed by atoms with Crippen molar-refractivity contribution in [3.63, 3.8) is 0 Å². The summed E-state index contributed by atoms with van der Waals surface area (Å²) in [6, 6.07) is 4.26. The largest absolute Gasteiger partial charge is 0.396 e. The summed E-state index contributed by atoms with van der Waals surface area (Å²) in [7, 11) is 0. The molecule has 0 aromatic heterocycles. The number of hydrogen-bond acceptors (Lipinski definition) is 3. The monoisotopic (exact) mass is 306 g/mol. The molecule has 0 bridgehead atoms. The highest BCUT2D eigenvalue weighted by Gasteiger charge is 2.38. The zero-order valence-corrected chi connectivity index (χ0v) is 14.5. The first-order valence-electron chi connectivity index (χ1n) is 8.22. The van der Waals surface area contributed by atoms with Gasteiger partial charge in [0.05, 0.1) is 6.10 Å². The van der Waals surface area contributed by atoms with E-state index in [0.29, 0.717) is 0 Å². The molecule has 22 heavy (non-hydrogen) atoms. The van der Waals surface area contributed by atoms with E-state index in [2.05, 4.69) is 39.8 Å². The summed E-state index contributed by atoms with van der Waals surface area (Å²) in [5, 5.41) is 29.4. The fourth-order valence-electron chi connectivity index (χ4n) is 3.55. The summed E-state index contributed by atoms with van der Waals surface area (Å²) < 4.78 is 0. The zero-order chi connectivity index (χ0) is 16.7. The SMILES string of the molecule is Cc1cc2c(cc1C(O)C(O)CCO)C(C)(C)CCC2(C)C. The Balaban J connectivity index is 2.52. The van der Waals surface area contributed by atoms with Crippen molar-refractivity contribution in [3.05, 3.63) is 34.4 Å². The Morgan fingerprint density at radius 2 is 1.50 bits per heavy atom. The quantitative estimate of drug-likeness (QED) is 0.801. The van der Waals surface area contributed by atoms with Gasteiger partial charge >= 0.3 is 0 Å². The third-order valence-corrected chi connectivity index (χ3v) is 5.35.